The van der Waals surface area contributed by atoms with Gasteiger partial charge in [-0.3, -0.25) is 0 Å². The van der Waals surface area contributed by atoms with Crippen LogP contribution in [0.5, 0.6) is 17.2 Å². The number of aromatic carboxylic acids is 1. The quantitative estimate of drug-likeness (QED) is 0.455. The lowest BCUT2D eigenvalue weighted by Gasteiger charge is -2.07. The first-order chi connectivity index (χ1) is 10.5. The van der Waals surface area contributed by atoms with Crippen molar-refractivity contribution in [1.82, 2.24) is 0 Å². The summed E-state index contributed by atoms with van der Waals surface area (Å²) in [7, 11) is 0. The molecule has 112 valence electrons. The third-order valence-corrected chi connectivity index (χ3v) is 2.73. The van der Waals surface area contributed by atoms with E-state index in [1.807, 2.05) is 0 Å². The third-order valence-electron chi connectivity index (χ3n) is 2.73. The Morgan fingerprint density at radius 2 is 1.68 bits per heavy atom. The van der Waals surface area contributed by atoms with Crippen LogP contribution in [0.3, 0.4) is 0 Å². The predicted octanol–water partition coefficient (Wildman–Crippen LogP) is 2.41. The number of benzene rings is 2. The summed E-state index contributed by atoms with van der Waals surface area (Å²) < 4.78 is 4.88. The van der Waals surface area contributed by atoms with Crippen LogP contribution in [0.15, 0.2) is 48.5 Å². The number of carbonyl (C=O) groups is 2. The Hall–Kier alpha value is -3.28. The number of hydrogen-bond donors (Lipinski definition) is 3. The van der Waals surface area contributed by atoms with E-state index < -0.39 is 23.4 Å². The maximum absolute atomic E-state index is 11.7. The highest BCUT2D eigenvalue weighted by Crippen LogP contribution is 2.30. The molecular formula is C16H12O6. The minimum atomic E-state index is -1.32. The highest BCUT2D eigenvalue weighted by Gasteiger charge is 2.17. The van der Waals surface area contributed by atoms with E-state index in [1.54, 1.807) is 12.1 Å². The van der Waals surface area contributed by atoms with Gasteiger partial charge in [0.1, 0.15) is 11.3 Å². The van der Waals surface area contributed by atoms with Gasteiger partial charge in [-0.2, -0.15) is 0 Å². The van der Waals surface area contributed by atoms with E-state index in [2.05, 4.69) is 0 Å². The molecular weight excluding hydrogens is 288 g/mol. The summed E-state index contributed by atoms with van der Waals surface area (Å²) >= 11 is 0. The van der Waals surface area contributed by atoms with Gasteiger partial charge in [0.15, 0.2) is 11.5 Å². The zero-order valence-electron chi connectivity index (χ0n) is 11.3. The summed E-state index contributed by atoms with van der Waals surface area (Å²) in [6, 6.07) is 9.85. The van der Waals surface area contributed by atoms with Crippen molar-refractivity contribution in [3.63, 3.8) is 0 Å². The maximum atomic E-state index is 11.7. The van der Waals surface area contributed by atoms with Crippen molar-refractivity contribution in [2.75, 3.05) is 0 Å². The van der Waals surface area contributed by atoms with Gasteiger partial charge in [0.25, 0.3) is 0 Å². The molecule has 0 aromatic heterocycles. The monoisotopic (exact) mass is 300 g/mol. The molecule has 22 heavy (non-hydrogen) atoms. The Balaban J connectivity index is 2.16. The first-order valence-corrected chi connectivity index (χ1v) is 6.21. The largest absolute Gasteiger partial charge is 0.508 e. The lowest BCUT2D eigenvalue weighted by atomic mass is 10.2. The van der Waals surface area contributed by atoms with E-state index in [4.69, 9.17) is 14.9 Å². The fourth-order valence-corrected chi connectivity index (χ4v) is 1.68. The molecule has 6 nitrogen and oxygen atoms in total. The second kappa shape index (κ2) is 6.45. The van der Waals surface area contributed by atoms with E-state index in [1.165, 1.54) is 36.4 Å². The van der Waals surface area contributed by atoms with Crippen molar-refractivity contribution in [3.05, 3.63) is 59.7 Å². The van der Waals surface area contributed by atoms with Crippen LogP contribution in [0, 0.1) is 0 Å². The maximum Gasteiger partial charge on any atom is 0.339 e. The molecule has 0 unspecified atom stereocenters. The lowest BCUT2D eigenvalue weighted by Crippen LogP contribution is -2.08. The van der Waals surface area contributed by atoms with E-state index in [-0.39, 0.29) is 11.3 Å². The van der Waals surface area contributed by atoms with E-state index in [9.17, 15) is 14.7 Å². The van der Waals surface area contributed by atoms with Crippen molar-refractivity contribution in [3.8, 4) is 17.2 Å². The number of phenols is 2. The van der Waals surface area contributed by atoms with Gasteiger partial charge in [-0.25, -0.2) is 9.59 Å². The van der Waals surface area contributed by atoms with Gasteiger partial charge in [-0.15, -0.1) is 0 Å². The molecule has 2 rings (SSSR count). The molecule has 0 heterocycles. The van der Waals surface area contributed by atoms with Crippen molar-refractivity contribution in [2.45, 2.75) is 0 Å². The summed E-state index contributed by atoms with van der Waals surface area (Å²) in [5.74, 6) is -2.90. The number of carboxylic acids is 1. The van der Waals surface area contributed by atoms with Crippen LogP contribution >= 0.6 is 0 Å². The zero-order valence-corrected chi connectivity index (χ0v) is 11.3. The van der Waals surface area contributed by atoms with Crippen molar-refractivity contribution < 1.29 is 29.6 Å². The standard InChI is InChI=1S/C16H12O6/c17-11-7-4-10(5-8-11)6-9-14(19)22-15-12(16(20)21)2-1-3-13(15)18/h1-9,17-18H,(H,20,21). The first kappa shape index (κ1) is 15.1. The van der Waals surface area contributed by atoms with Gasteiger partial charge < -0.3 is 20.1 Å². The molecule has 0 aliphatic carbocycles. The molecule has 0 fully saturated rings. The van der Waals surface area contributed by atoms with Crippen LogP contribution in [-0.4, -0.2) is 27.3 Å². The smallest absolute Gasteiger partial charge is 0.339 e. The Kier molecular flexibility index (Phi) is 4.43. The van der Waals surface area contributed by atoms with Crippen molar-refractivity contribution >= 4 is 18.0 Å². The highest BCUT2D eigenvalue weighted by molar-refractivity contribution is 5.95. The molecule has 0 radical (unpaired) electrons. The summed E-state index contributed by atoms with van der Waals surface area (Å²) in [5.41, 5.74) is 0.330. The van der Waals surface area contributed by atoms with Gasteiger partial charge in [0.05, 0.1) is 0 Å². The SMILES string of the molecule is O=C(C=Cc1ccc(O)cc1)Oc1c(O)cccc1C(=O)O. The third kappa shape index (κ3) is 3.63. The number of rotatable bonds is 4. The Labute approximate surface area is 125 Å². The number of para-hydroxylation sites is 1. The Bertz CT molecular complexity index is 731. The average molecular weight is 300 g/mol. The van der Waals surface area contributed by atoms with Crippen molar-refractivity contribution in [1.29, 1.82) is 0 Å². The molecule has 2 aromatic rings. The van der Waals surface area contributed by atoms with Crippen LogP contribution in [0.25, 0.3) is 6.08 Å². The summed E-state index contributed by atoms with van der Waals surface area (Å²) in [5, 5.41) is 27.7. The Morgan fingerprint density at radius 1 is 1.00 bits per heavy atom. The first-order valence-electron chi connectivity index (χ1n) is 6.21. The summed E-state index contributed by atoms with van der Waals surface area (Å²) in [6.07, 6.45) is 2.52. The average Bonchev–Trinajstić information content (AvgIpc) is 2.48. The highest BCUT2D eigenvalue weighted by atomic mass is 16.5. The second-order valence-electron chi connectivity index (χ2n) is 4.30. The molecule has 6 heteroatoms. The fraction of sp³-hybridized carbons (Fsp3) is 0. The number of esters is 1. The Morgan fingerprint density at radius 3 is 2.32 bits per heavy atom. The molecule has 0 bridgehead atoms. The second-order valence-corrected chi connectivity index (χ2v) is 4.30. The minimum absolute atomic E-state index is 0.0973. The molecule has 0 amide bonds. The molecule has 0 aliphatic rings. The van der Waals surface area contributed by atoms with Crippen LogP contribution in [-0.2, 0) is 4.79 Å². The van der Waals surface area contributed by atoms with Crippen LogP contribution < -0.4 is 4.74 Å². The molecule has 0 atom stereocenters. The van der Waals surface area contributed by atoms with Gasteiger partial charge in [-0.1, -0.05) is 18.2 Å². The number of carbonyl (C=O) groups excluding carboxylic acids is 1. The molecule has 0 saturated carbocycles. The molecule has 0 aliphatic heterocycles. The van der Waals surface area contributed by atoms with E-state index in [0.717, 1.165) is 6.08 Å². The lowest BCUT2D eigenvalue weighted by molar-refractivity contribution is -0.129. The molecule has 3 N–H and O–H groups in total. The summed E-state index contributed by atoms with van der Waals surface area (Å²) in [4.78, 5) is 22.7. The van der Waals surface area contributed by atoms with E-state index in [0.29, 0.717) is 5.56 Å². The molecule has 0 saturated heterocycles. The zero-order chi connectivity index (χ0) is 16.1. The van der Waals surface area contributed by atoms with Crippen LogP contribution in [0.4, 0.5) is 0 Å². The molecule has 2 aromatic carbocycles. The van der Waals surface area contributed by atoms with Crippen molar-refractivity contribution in [2.24, 2.45) is 0 Å². The number of phenolic OH excluding ortho intramolecular Hbond substituents is 2. The number of hydrogen-bond acceptors (Lipinski definition) is 5. The van der Waals surface area contributed by atoms with Gasteiger partial charge >= 0.3 is 11.9 Å². The van der Waals surface area contributed by atoms with Crippen LogP contribution in [0.2, 0.25) is 0 Å². The fourth-order valence-electron chi connectivity index (χ4n) is 1.68. The normalized spacial score (nSPS) is 10.5. The number of aromatic hydroxyl groups is 2. The number of carboxylic acid groups (broad SMARTS) is 1. The summed E-state index contributed by atoms with van der Waals surface area (Å²) in [6.45, 7) is 0. The van der Waals surface area contributed by atoms with Gasteiger partial charge in [0.2, 0.25) is 0 Å². The predicted molar refractivity (Wildman–Crippen MR) is 77.8 cm³/mol. The number of ether oxygens (including phenoxy) is 1. The topological polar surface area (TPSA) is 104 Å². The molecule has 0 spiro atoms. The minimum Gasteiger partial charge on any atom is -0.508 e. The van der Waals surface area contributed by atoms with Gasteiger partial charge in [-0.05, 0) is 35.9 Å². The van der Waals surface area contributed by atoms with Crippen LogP contribution in [0.1, 0.15) is 15.9 Å². The van der Waals surface area contributed by atoms with E-state index >= 15 is 0 Å². The van der Waals surface area contributed by atoms with Gasteiger partial charge in [0, 0.05) is 6.08 Å².